The van der Waals surface area contributed by atoms with E-state index in [1.165, 1.54) is 12.1 Å². The topological polar surface area (TPSA) is 102 Å². The molecule has 0 aliphatic carbocycles. The van der Waals surface area contributed by atoms with Crippen molar-refractivity contribution in [2.24, 2.45) is 5.92 Å². The minimum absolute atomic E-state index is 0.00649. The Morgan fingerprint density at radius 3 is 2.54 bits per heavy atom. The number of halogens is 2. The van der Waals surface area contributed by atoms with Crippen LogP contribution >= 0.6 is 23.2 Å². The molecule has 1 aliphatic rings. The summed E-state index contributed by atoms with van der Waals surface area (Å²) in [5.74, 6) is -0.836. The third kappa shape index (κ3) is 5.85. The van der Waals surface area contributed by atoms with E-state index in [1.54, 1.807) is 6.07 Å². The van der Waals surface area contributed by atoms with Crippen molar-refractivity contribution in [1.29, 1.82) is 0 Å². The summed E-state index contributed by atoms with van der Waals surface area (Å²) in [7, 11) is -3.03. The second-order valence-corrected chi connectivity index (χ2v) is 8.51. The highest BCUT2D eigenvalue weighted by Crippen LogP contribution is 2.27. The van der Waals surface area contributed by atoms with E-state index in [-0.39, 0.29) is 35.5 Å². The second-order valence-electron chi connectivity index (χ2n) is 5.43. The molecule has 24 heavy (non-hydrogen) atoms. The zero-order chi connectivity index (χ0) is 17.7. The standard InChI is InChI=1S/C14H16Cl2N2O5S/c15-10-1-2-12(11(16)6-10)23-7-14(20)18-17-13(19)5-9-3-4-24(21,22)8-9/h1-2,6,9H,3-5,7-8H2,(H,17,19)(H,18,20)/t9-/m1/s1. The Morgan fingerprint density at radius 1 is 1.21 bits per heavy atom. The van der Waals surface area contributed by atoms with Gasteiger partial charge in [0.05, 0.1) is 16.5 Å². The van der Waals surface area contributed by atoms with Gasteiger partial charge in [0.2, 0.25) is 5.91 Å². The maximum atomic E-state index is 11.7. The Bertz CT molecular complexity index is 739. The molecule has 7 nitrogen and oxygen atoms in total. The number of nitrogens with one attached hydrogen (secondary N) is 2. The van der Waals surface area contributed by atoms with E-state index in [4.69, 9.17) is 27.9 Å². The van der Waals surface area contributed by atoms with Gasteiger partial charge in [0.1, 0.15) is 5.75 Å². The molecule has 1 fully saturated rings. The quantitative estimate of drug-likeness (QED) is 0.733. The van der Waals surface area contributed by atoms with E-state index in [2.05, 4.69) is 10.9 Å². The number of rotatable bonds is 5. The molecule has 1 aliphatic heterocycles. The fourth-order valence-electron chi connectivity index (χ4n) is 2.26. The molecule has 0 aromatic heterocycles. The van der Waals surface area contributed by atoms with Gasteiger partial charge >= 0.3 is 0 Å². The van der Waals surface area contributed by atoms with Crippen LogP contribution in [0.2, 0.25) is 10.0 Å². The molecule has 0 unspecified atom stereocenters. The molecular weight excluding hydrogens is 379 g/mol. The summed E-state index contributed by atoms with van der Waals surface area (Å²) in [5.41, 5.74) is 4.43. The largest absolute Gasteiger partial charge is 0.482 e. The van der Waals surface area contributed by atoms with Gasteiger partial charge in [0.25, 0.3) is 5.91 Å². The van der Waals surface area contributed by atoms with Gasteiger partial charge in [0.15, 0.2) is 16.4 Å². The fraction of sp³-hybridized carbons (Fsp3) is 0.429. The molecule has 0 bridgehead atoms. The Kier molecular flexibility index (Phi) is 6.31. The molecule has 0 saturated carbocycles. The lowest BCUT2D eigenvalue weighted by molar-refractivity contribution is -0.130. The smallest absolute Gasteiger partial charge is 0.276 e. The van der Waals surface area contributed by atoms with Gasteiger partial charge in [-0.05, 0) is 30.5 Å². The van der Waals surface area contributed by atoms with Gasteiger partial charge in [-0.1, -0.05) is 23.2 Å². The molecule has 1 saturated heterocycles. The number of sulfone groups is 1. The highest BCUT2D eigenvalue weighted by atomic mass is 35.5. The first-order valence-corrected chi connectivity index (χ1v) is 9.69. The Labute approximate surface area is 149 Å². The number of carbonyl (C=O) groups excluding carboxylic acids is 2. The van der Waals surface area contributed by atoms with E-state index in [0.717, 1.165) is 0 Å². The average molecular weight is 395 g/mol. The van der Waals surface area contributed by atoms with Crippen molar-refractivity contribution in [3.63, 3.8) is 0 Å². The fourth-order valence-corrected chi connectivity index (χ4v) is 4.58. The van der Waals surface area contributed by atoms with Crippen molar-refractivity contribution >= 4 is 44.9 Å². The van der Waals surface area contributed by atoms with Crippen molar-refractivity contribution in [1.82, 2.24) is 10.9 Å². The van der Waals surface area contributed by atoms with Crippen LogP contribution in [0.4, 0.5) is 0 Å². The predicted octanol–water partition coefficient (Wildman–Crippen LogP) is 1.34. The second kappa shape index (κ2) is 8.04. The monoisotopic (exact) mass is 394 g/mol. The van der Waals surface area contributed by atoms with Crippen LogP contribution in [0.3, 0.4) is 0 Å². The Morgan fingerprint density at radius 2 is 1.92 bits per heavy atom. The highest BCUT2D eigenvalue weighted by molar-refractivity contribution is 7.91. The number of amides is 2. The molecule has 1 atom stereocenters. The van der Waals surface area contributed by atoms with Crippen LogP contribution in [0.5, 0.6) is 5.75 Å². The van der Waals surface area contributed by atoms with Crippen LogP contribution in [0.15, 0.2) is 18.2 Å². The Hall–Kier alpha value is -1.51. The number of benzene rings is 1. The minimum Gasteiger partial charge on any atom is -0.482 e. The molecule has 1 heterocycles. The number of carbonyl (C=O) groups is 2. The molecule has 0 spiro atoms. The molecule has 2 amide bonds. The van der Waals surface area contributed by atoms with E-state index >= 15 is 0 Å². The molecule has 132 valence electrons. The van der Waals surface area contributed by atoms with Crippen molar-refractivity contribution in [2.45, 2.75) is 12.8 Å². The lowest BCUT2D eigenvalue weighted by Gasteiger charge is -2.11. The van der Waals surface area contributed by atoms with E-state index in [9.17, 15) is 18.0 Å². The summed E-state index contributed by atoms with van der Waals surface area (Å²) >= 11 is 11.6. The van der Waals surface area contributed by atoms with Crippen LogP contribution < -0.4 is 15.6 Å². The third-order valence-electron chi connectivity index (χ3n) is 3.39. The van der Waals surface area contributed by atoms with Crippen LogP contribution in [0.1, 0.15) is 12.8 Å². The summed E-state index contributed by atoms with van der Waals surface area (Å²) in [6, 6.07) is 4.57. The van der Waals surface area contributed by atoms with Gasteiger partial charge in [-0.25, -0.2) is 8.42 Å². The van der Waals surface area contributed by atoms with Crippen molar-refractivity contribution in [3.05, 3.63) is 28.2 Å². The van der Waals surface area contributed by atoms with Gasteiger partial charge in [-0.2, -0.15) is 0 Å². The third-order valence-corrected chi connectivity index (χ3v) is 5.76. The predicted molar refractivity (Wildman–Crippen MR) is 89.6 cm³/mol. The summed E-state index contributed by atoms with van der Waals surface area (Å²) in [6.45, 7) is -0.348. The van der Waals surface area contributed by atoms with E-state index in [1.807, 2.05) is 0 Å². The first-order valence-electron chi connectivity index (χ1n) is 7.11. The number of ether oxygens (including phenoxy) is 1. The highest BCUT2D eigenvalue weighted by Gasteiger charge is 2.29. The zero-order valence-corrected chi connectivity index (χ0v) is 14.9. The Balaban J connectivity index is 1.70. The van der Waals surface area contributed by atoms with Crippen LogP contribution in [0.25, 0.3) is 0 Å². The molecule has 2 N–H and O–H groups in total. The number of hydrazine groups is 1. The van der Waals surface area contributed by atoms with Crippen molar-refractivity contribution in [3.8, 4) is 5.75 Å². The van der Waals surface area contributed by atoms with Crippen LogP contribution in [-0.4, -0.2) is 38.3 Å². The minimum atomic E-state index is -3.03. The molecule has 2 rings (SSSR count). The van der Waals surface area contributed by atoms with Gasteiger partial charge in [0, 0.05) is 11.4 Å². The molecule has 10 heteroatoms. The summed E-state index contributed by atoms with van der Waals surface area (Å²) in [6.07, 6.45) is 0.505. The van der Waals surface area contributed by atoms with Gasteiger partial charge in [-0.15, -0.1) is 0 Å². The molecular formula is C14H16Cl2N2O5S. The van der Waals surface area contributed by atoms with Gasteiger partial charge < -0.3 is 4.74 Å². The summed E-state index contributed by atoms with van der Waals surface area (Å²) < 4.78 is 27.9. The first kappa shape index (κ1) is 18.8. The average Bonchev–Trinajstić information content (AvgIpc) is 2.83. The first-order chi connectivity index (χ1) is 11.2. The molecule has 1 aromatic rings. The lowest BCUT2D eigenvalue weighted by atomic mass is 10.1. The molecule has 1 aromatic carbocycles. The molecule has 0 radical (unpaired) electrons. The normalized spacial score (nSPS) is 18.8. The SMILES string of the molecule is O=C(COc1ccc(Cl)cc1Cl)NNC(=O)C[C@H]1CCS(=O)(=O)C1. The maximum absolute atomic E-state index is 11.7. The van der Waals surface area contributed by atoms with Crippen LogP contribution in [-0.2, 0) is 19.4 Å². The number of hydrogen-bond donors (Lipinski definition) is 2. The zero-order valence-electron chi connectivity index (χ0n) is 12.6. The summed E-state index contributed by atoms with van der Waals surface area (Å²) in [5, 5.41) is 0.708. The van der Waals surface area contributed by atoms with Gasteiger partial charge in [-0.3, -0.25) is 20.4 Å². The van der Waals surface area contributed by atoms with E-state index in [0.29, 0.717) is 17.2 Å². The van der Waals surface area contributed by atoms with Crippen LogP contribution in [0, 0.1) is 5.92 Å². The number of hydrogen-bond acceptors (Lipinski definition) is 5. The lowest BCUT2D eigenvalue weighted by Crippen LogP contribution is -2.44. The summed E-state index contributed by atoms with van der Waals surface area (Å²) in [4.78, 5) is 23.3. The van der Waals surface area contributed by atoms with Crippen molar-refractivity contribution in [2.75, 3.05) is 18.1 Å². The maximum Gasteiger partial charge on any atom is 0.276 e. The van der Waals surface area contributed by atoms with E-state index < -0.39 is 21.7 Å². The van der Waals surface area contributed by atoms with Crippen molar-refractivity contribution < 1.29 is 22.7 Å².